The van der Waals surface area contributed by atoms with Gasteiger partial charge in [-0.1, -0.05) is 42.8 Å². The van der Waals surface area contributed by atoms with Crippen molar-refractivity contribution in [2.75, 3.05) is 13.2 Å². The summed E-state index contributed by atoms with van der Waals surface area (Å²) < 4.78 is 19.1. The first-order valence-corrected chi connectivity index (χ1v) is 7.29. The van der Waals surface area contributed by atoms with Gasteiger partial charge < -0.3 is 10.1 Å². The summed E-state index contributed by atoms with van der Waals surface area (Å²) in [7, 11) is 0. The maximum absolute atomic E-state index is 13.3. The lowest BCUT2D eigenvalue weighted by atomic mass is 10.1. The molecule has 21 heavy (non-hydrogen) atoms. The average Bonchev–Trinajstić information content (AvgIpc) is 2.46. The first kappa shape index (κ1) is 15.5. The summed E-state index contributed by atoms with van der Waals surface area (Å²) in [6, 6.07) is 13.1. The fourth-order valence-electron chi connectivity index (χ4n) is 2.31. The Bertz CT molecular complexity index is 598. The Morgan fingerprint density at radius 1 is 1.14 bits per heavy atom. The smallest absolute Gasteiger partial charge is 0.126 e. The Balaban J connectivity index is 2.11. The first-order valence-electron chi connectivity index (χ1n) is 7.29. The van der Waals surface area contributed by atoms with Crippen LogP contribution in [0.4, 0.5) is 4.39 Å². The van der Waals surface area contributed by atoms with E-state index in [1.165, 1.54) is 23.3 Å². The molecule has 0 aromatic heterocycles. The Morgan fingerprint density at radius 3 is 2.67 bits per heavy atom. The summed E-state index contributed by atoms with van der Waals surface area (Å²) >= 11 is 0. The molecule has 0 aliphatic carbocycles. The van der Waals surface area contributed by atoms with Crippen molar-refractivity contribution in [1.82, 2.24) is 5.32 Å². The molecule has 2 nitrogen and oxygen atoms in total. The number of aryl methyl sites for hydroxylation is 2. The van der Waals surface area contributed by atoms with Gasteiger partial charge in [0.25, 0.3) is 0 Å². The van der Waals surface area contributed by atoms with Gasteiger partial charge in [-0.15, -0.1) is 0 Å². The van der Waals surface area contributed by atoms with E-state index in [0.29, 0.717) is 12.4 Å². The SMILES string of the molecule is CCNC(COc1cc(F)ccc1C)c1cccc(C)c1. The molecule has 0 aliphatic rings. The molecule has 112 valence electrons. The van der Waals surface area contributed by atoms with Crippen molar-refractivity contribution in [3.8, 4) is 5.75 Å². The molecule has 0 saturated heterocycles. The number of halogens is 1. The number of hydrogen-bond donors (Lipinski definition) is 1. The van der Waals surface area contributed by atoms with Gasteiger partial charge in [0.1, 0.15) is 18.2 Å². The van der Waals surface area contributed by atoms with E-state index in [-0.39, 0.29) is 11.9 Å². The van der Waals surface area contributed by atoms with Crippen molar-refractivity contribution in [1.29, 1.82) is 0 Å². The topological polar surface area (TPSA) is 21.3 Å². The fraction of sp³-hybridized carbons (Fsp3) is 0.333. The van der Waals surface area contributed by atoms with Crippen molar-refractivity contribution in [2.24, 2.45) is 0 Å². The van der Waals surface area contributed by atoms with Gasteiger partial charge in [0.05, 0.1) is 6.04 Å². The predicted octanol–water partition coefficient (Wildman–Crippen LogP) is 4.17. The van der Waals surface area contributed by atoms with Gasteiger partial charge in [0.15, 0.2) is 0 Å². The summed E-state index contributed by atoms with van der Waals surface area (Å²) in [6.07, 6.45) is 0. The molecule has 0 aliphatic heterocycles. The quantitative estimate of drug-likeness (QED) is 0.861. The lowest BCUT2D eigenvalue weighted by Gasteiger charge is -2.20. The Labute approximate surface area is 126 Å². The highest BCUT2D eigenvalue weighted by atomic mass is 19.1. The van der Waals surface area contributed by atoms with E-state index in [1.807, 2.05) is 13.0 Å². The lowest BCUT2D eigenvalue weighted by Crippen LogP contribution is -2.26. The minimum Gasteiger partial charge on any atom is -0.491 e. The molecule has 0 saturated carbocycles. The van der Waals surface area contributed by atoms with Crippen LogP contribution in [0.1, 0.15) is 29.7 Å². The molecule has 0 bridgehead atoms. The number of likely N-dealkylation sites (N-methyl/N-ethyl adjacent to an activating group) is 1. The molecular weight excluding hydrogens is 265 g/mol. The highest BCUT2D eigenvalue weighted by Gasteiger charge is 2.12. The van der Waals surface area contributed by atoms with Crippen molar-refractivity contribution >= 4 is 0 Å². The van der Waals surface area contributed by atoms with Gasteiger partial charge in [-0.3, -0.25) is 0 Å². The molecule has 3 heteroatoms. The largest absolute Gasteiger partial charge is 0.491 e. The monoisotopic (exact) mass is 287 g/mol. The Kier molecular flexibility index (Phi) is 5.34. The number of ether oxygens (including phenoxy) is 1. The first-order chi connectivity index (χ1) is 10.1. The van der Waals surface area contributed by atoms with Crippen LogP contribution < -0.4 is 10.1 Å². The zero-order chi connectivity index (χ0) is 15.2. The van der Waals surface area contributed by atoms with Crippen LogP contribution >= 0.6 is 0 Å². The van der Waals surface area contributed by atoms with Gasteiger partial charge in [-0.25, -0.2) is 4.39 Å². The molecule has 0 fully saturated rings. The molecule has 0 heterocycles. The van der Waals surface area contributed by atoms with Gasteiger partial charge in [0, 0.05) is 6.07 Å². The van der Waals surface area contributed by atoms with Gasteiger partial charge >= 0.3 is 0 Å². The third-order valence-corrected chi connectivity index (χ3v) is 3.45. The molecule has 2 rings (SSSR count). The summed E-state index contributed by atoms with van der Waals surface area (Å²) in [5.41, 5.74) is 3.35. The second-order valence-electron chi connectivity index (χ2n) is 5.25. The third kappa shape index (κ3) is 4.30. The molecule has 0 amide bonds. The van der Waals surface area contributed by atoms with E-state index in [2.05, 4.69) is 37.4 Å². The number of rotatable bonds is 6. The maximum Gasteiger partial charge on any atom is 0.126 e. The van der Waals surface area contributed by atoms with E-state index in [0.717, 1.165) is 12.1 Å². The second kappa shape index (κ2) is 7.23. The van der Waals surface area contributed by atoms with E-state index in [1.54, 1.807) is 6.07 Å². The van der Waals surface area contributed by atoms with Crippen molar-refractivity contribution < 1.29 is 9.13 Å². The zero-order valence-corrected chi connectivity index (χ0v) is 12.8. The van der Waals surface area contributed by atoms with Crippen molar-refractivity contribution in [2.45, 2.75) is 26.8 Å². The second-order valence-corrected chi connectivity index (χ2v) is 5.25. The van der Waals surface area contributed by atoms with Crippen LogP contribution in [0.2, 0.25) is 0 Å². The highest BCUT2D eigenvalue weighted by Crippen LogP contribution is 2.21. The van der Waals surface area contributed by atoms with Gasteiger partial charge in [-0.2, -0.15) is 0 Å². The highest BCUT2D eigenvalue weighted by molar-refractivity contribution is 5.33. The van der Waals surface area contributed by atoms with Crippen LogP contribution in [0.25, 0.3) is 0 Å². The van der Waals surface area contributed by atoms with E-state index < -0.39 is 0 Å². The van der Waals surface area contributed by atoms with E-state index in [4.69, 9.17) is 4.74 Å². The third-order valence-electron chi connectivity index (χ3n) is 3.45. The van der Waals surface area contributed by atoms with Crippen molar-refractivity contribution in [3.05, 3.63) is 65.0 Å². The van der Waals surface area contributed by atoms with E-state index >= 15 is 0 Å². The Hall–Kier alpha value is -1.87. The van der Waals surface area contributed by atoms with Crippen LogP contribution in [-0.2, 0) is 0 Å². The van der Waals surface area contributed by atoms with Gasteiger partial charge in [0.2, 0.25) is 0 Å². The molecule has 1 N–H and O–H groups in total. The molecule has 1 atom stereocenters. The summed E-state index contributed by atoms with van der Waals surface area (Å²) in [5.74, 6) is 0.330. The molecule has 0 spiro atoms. The summed E-state index contributed by atoms with van der Waals surface area (Å²) in [6.45, 7) is 7.38. The minimum atomic E-state index is -0.272. The zero-order valence-electron chi connectivity index (χ0n) is 12.8. The normalized spacial score (nSPS) is 12.2. The van der Waals surface area contributed by atoms with Crippen LogP contribution in [0.3, 0.4) is 0 Å². The van der Waals surface area contributed by atoms with Crippen LogP contribution in [0, 0.1) is 19.7 Å². The Morgan fingerprint density at radius 2 is 1.95 bits per heavy atom. The van der Waals surface area contributed by atoms with E-state index in [9.17, 15) is 4.39 Å². The molecule has 1 unspecified atom stereocenters. The fourth-order valence-corrected chi connectivity index (χ4v) is 2.31. The number of nitrogens with one attached hydrogen (secondary N) is 1. The number of benzene rings is 2. The predicted molar refractivity (Wildman–Crippen MR) is 84.2 cm³/mol. The lowest BCUT2D eigenvalue weighted by molar-refractivity contribution is 0.265. The van der Waals surface area contributed by atoms with Crippen molar-refractivity contribution in [3.63, 3.8) is 0 Å². The maximum atomic E-state index is 13.3. The molecular formula is C18H22FNO. The minimum absolute atomic E-state index is 0.0950. The number of hydrogen-bond acceptors (Lipinski definition) is 2. The molecule has 0 radical (unpaired) electrons. The van der Waals surface area contributed by atoms with Gasteiger partial charge in [-0.05, 0) is 37.6 Å². The summed E-state index contributed by atoms with van der Waals surface area (Å²) in [4.78, 5) is 0. The van der Waals surface area contributed by atoms with Crippen LogP contribution in [0.5, 0.6) is 5.75 Å². The van der Waals surface area contributed by atoms with Crippen LogP contribution in [-0.4, -0.2) is 13.2 Å². The van der Waals surface area contributed by atoms with Crippen LogP contribution in [0.15, 0.2) is 42.5 Å². The standard InChI is InChI=1S/C18H22FNO/c1-4-20-17(15-7-5-6-13(2)10-15)12-21-18-11-16(19)9-8-14(18)3/h5-11,17,20H,4,12H2,1-3H3. The summed E-state index contributed by atoms with van der Waals surface area (Å²) in [5, 5.41) is 3.41. The average molecular weight is 287 g/mol. The molecule has 2 aromatic carbocycles. The molecule has 2 aromatic rings.